The van der Waals surface area contributed by atoms with Gasteiger partial charge in [-0.15, -0.1) is 0 Å². The lowest BCUT2D eigenvalue weighted by molar-refractivity contribution is -0.160. The quantitative estimate of drug-likeness (QED) is 0.588. The van der Waals surface area contributed by atoms with Crippen molar-refractivity contribution in [3.05, 3.63) is 0 Å². The van der Waals surface area contributed by atoms with Crippen LogP contribution in [0.2, 0.25) is 0 Å². The minimum Gasteiger partial charge on any atom is -0.376 e. The molecule has 0 amide bonds. The second-order valence-electron chi connectivity index (χ2n) is 5.91. The van der Waals surface area contributed by atoms with Crippen LogP contribution in [0.5, 0.6) is 0 Å². The van der Waals surface area contributed by atoms with Gasteiger partial charge in [-0.2, -0.15) is 0 Å². The first-order valence-electron chi connectivity index (χ1n) is 7.73. The average Bonchev–Trinajstić information content (AvgIpc) is 3.18. The molecule has 1 aliphatic carbocycles. The van der Waals surface area contributed by atoms with E-state index in [1.807, 2.05) is 0 Å². The Morgan fingerprint density at radius 1 is 1.25 bits per heavy atom. The molecule has 2 saturated heterocycles. The predicted molar refractivity (Wildman–Crippen MR) is 75.5 cm³/mol. The summed E-state index contributed by atoms with van der Waals surface area (Å²) in [5, 5.41) is 3.12. The van der Waals surface area contributed by atoms with Gasteiger partial charge >= 0.3 is 0 Å². The normalized spacial score (nSPS) is 33.1. The third-order valence-electron chi connectivity index (χ3n) is 4.28. The first-order valence-corrected chi connectivity index (χ1v) is 7.73. The monoisotopic (exact) mass is 283 g/mol. The van der Waals surface area contributed by atoms with E-state index < -0.39 is 0 Å². The smallest absolute Gasteiger partial charge is 0.188 e. The molecular formula is C14H25N3O3. The molecule has 0 aromatic rings. The van der Waals surface area contributed by atoms with Gasteiger partial charge < -0.3 is 25.3 Å². The van der Waals surface area contributed by atoms with Crippen molar-refractivity contribution in [1.29, 1.82) is 0 Å². The number of guanidine groups is 1. The largest absolute Gasteiger partial charge is 0.376 e. The van der Waals surface area contributed by atoms with Crippen LogP contribution in [0, 0.1) is 0 Å². The van der Waals surface area contributed by atoms with Gasteiger partial charge in [0, 0.05) is 26.0 Å². The van der Waals surface area contributed by atoms with E-state index in [4.69, 9.17) is 19.9 Å². The summed E-state index contributed by atoms with van der Waals surface area (Å²) in [6, 6.07) is 0. The Morgan fingerprint density at radius 3 is 2.85 bits per heavy atom. The second-order valence-corrected chi connectivity index (χ2v) is 5.91. The molecule has 3 rings (SSSR count). The number of aliphatic imine (C=N–C) groups is 1. The summed E-state index contributed by atoms with van der Waals surface area (Å²) in [6.45, 7) is 2.79. The molecule has 3 N–H and O–H groups in total. The Hall–Kier alpha value is -0.850. The van der Waals surface area contributed by atoms with Crippen LogP contribution >= 0.6 is 0 Å². The van der Waals surface area contributed by atoms with Gasteiger partial charge in [0.25, 0.3) is 0 Å². The van der Waals surface area contributed by atoms with Crippen LogP contribution in [0.4, 0.5) is 0 Å². The fourth-order valence-corrected chi connectivity index (χ4v) is 3.16. The van der Waals surface area contributed by atoms with Gasteiger partial charge in [0.15, 0.2) is 11.7 Å². The van der Waals surface area contributed by atoms with Crippen molar-refractivity contribution in [2.24, 2.45) is 10.7 Å². The SMILES string of the molecule is NC(=NCC1COC2(CCCC2)O1)NCC1CCCO1. The highest BCUT2D eigenvalue weighted by Gasteiger charge is 2.43. The Labute approximate surface area is 120 Å². The van der Waals surface area contributed by atoms with Crippen LogP contribution < -0.4 is 11.1 Å². The first kappa shape index (κ1) is 14.1. The molecule has 2 atom stereocenters. The molecule has 0 aromatic heterocycles. The minimum atomic E-state index is -0.305. The summed E-state index contributed by atoms with van der Waals surface area (Å²) in [5.41, 5.74) is 5.86. The zero-order valence-corrected chi connectivity index (χ0v) is 12.0. The summed E-state index contributed by atoms with van der Waals surface area (Å²) in [6.07, 6.45) is 6.97. The van der Waals surface area contributed by atoms with Crippen LogP contribution in [-0.4, -0.2) is 50.3 Å². The van der Waals surface area contributed by atoms with E-state index >= 15 is 0 Å². The molecule has 1 saturated carbocycles. The number of nitrogens with two attached hydrogens (primary N) is 1. The van der Waals surface area contributed by atoms with E-state index in [0.717, 1.165) is 38.8 Å². The van der Waals surface area contributed by atoms with Gasteiger partial charge in [0.1, 0.15) is 6.10 Å². The molecule has 6 nitrogen and oxygen atoms in total. The highest BCUT2D eigenvalue weighted by molar-refractivity contribution is 5.77. The van der Waals surface area contributed by atoms with Crippen molar-refractivity contribution < 1.29 is 14.2 Å². The lowest BCUT2D eigenvalue weighted by Crippen LogP contribution is -2.38. The number of hydrogen-bond acceptors (Lipinski definition) is 4. The Bertz CT molecular complexity index is 350. The Kier molecular flexibility index (Phi) is 4.43. The van der Waals surface area contributed by atoms with Crippen molar-refractivity contribution in [2.45, 2.75) is 56.5 Å². The second kappa shape index (κ2) is 6.28. The molecule has 3 aliphatic rings. The molecule has 3 fully saturated rings. The summed E-state index contributed by atoms with van der Waals surface area (Å²) in [7, 11) is 0. The van der Waals surface area contributed by atoms with Gasteiger partial charge in [0.05, 0.1) is 19.3 Å². The minimum absolute atomic E-state index is 0.0381. The summed E-state index contributed by atoms with van der Waals surface area (Å²) < 4.78 is 17.3. The van der Waals surface area contributed by atoms with Crippen molar-refractivity contribution in [3.63, 3.8) is 0 Å². The molecule has 2 unspecified atom stereocenters. The van der Waals surface area contributed by atoms with Crippen LogP contribution in [0.15, 0.2) is 4.99 Å². The molecule has 0 radical (unpaired) electrons. The fraction of sp³-hybridized carbons (Fsp3) is 0.929. The molecule has 20 heavy (non-hydrogen) atoms. The molecule has 114 valence electrons. The summed E-state index contributed by atoms with van der Waals surface area (Å²) in [5.74, 6) is 0.163. The molecule has 0 aromatic carbocycles. The van der Waals surface area contributed by atoms with Crippen LogP contribution in [-0.2, 0) is 14.2 Å². The molecule has 2 heterocycles. The van der Waals surface area contributed by atoms with Gasteiger partial charge in [0.2, 0.25) is 0 Å². The molecule has 6 heteroatoms. The van der Waals surface area contributed by atoms with Gasteiger partial charge in [-0.1, -0.05) is 0 Å². The molecular weight excluding hydrogens is 258 g/mol. The van der Waals surface area contributed by atoms with Crippen molar-refractivity contribution in [1.82, 2.24) is 5.32 Å². The van der Waals surface area contributed by atoms with E-state index in [9.17, 15) is 0 Å². The highest BCUT2D eigenvalue weighted by atomic mass is 16.7. The Morgan fingerprint density at radius 2 is 2.10 bits per heavy atom. The van der Waals surface area contributed by atoms with Crippen LogP contribution in [0.1, 0.15) is 38.5 Å². The maximum Gasteiger partial charge on any atom is 0.188 e. The predicted octanol–water partition coefficient (Wildman–Crippen LogP) is 0.755. The summed E-state index contributed by atoms with van der Waals surface area (Å²) >= 11 is 0. The summed E-state index contributed by atoms with van der Waals surface area (Å²) in [4.78, 5) is 4.34. The van der Waals surface area contributed by atoms with Crippen molar-refractivity contribution in [2.75, 3.05) is 26.3 Å². The molecule has 2 aliphatic heterocycles. The number of rotatable bonds is 4. The van der Waals surface area contributed by atoms with Gasteiger partial charge in [-0.3, -0.25) is 4.99 Å². The van der Waals surface area contributed by atoms with Gasteiger partial charge in [-0.25, -0.2) is 0 Å². The van der Waals surface area contributed by atoms with E-state index in [-0.39, 0.29) is 18.0 Å². The maximum atomic E-state index is 6.00. The lowest BCUT2D eigenvalue weighted by atomic mass is 10.2. The fourth-order valence-electron chi connectivity index (χ4n) is 3.16. The van der Waals surface area contributed by atoms with Crippen LogP contribution in [0.25, 0.3) is 0 Å². The number of nitrogens with one attached hydrogen (secondary N) is 1. The van der Waals surface area contributed by atoms with Gasteiger partial charge in [-0.05, 0) is 25.7 Å². The topological polar surface area (TPSA) is 78.1 Å². The average molecular weight is 283 g/mol. The van der Waals surface area contributed by atoms with E-state index in [1.54, 1.807) is 0 Å². The molecule has 0 bridgehead atoms. The highest BCUT2D eigenvalue weighted by Crippen LogP contribution is 2.39. The number of ether oxygens (including phenoxy) is 3. The number of nitrogens with zero attached hydrogens (tertiary/aromatic N) is 1. The molecule has 1 spiro atoms. The van der Waals surface area contributed by atoms with Crippen molar-refractivity contribution in [3.8, 4) is 0 Å². The third-order valence-corrected chi connectivity index (χ3v) is 4.28. The Balaban J connectivity index is 1.38. The van der Waals surface area contributed by atoms with E-state index in [0.29, 0.717) is 19.1 Å². The zero-order valence-electron chi connectivity index (χ0n) is 12.0. The zero-order chi connectivity index (χ0) is 13.8. The van der Waals surface area contributed by atoms with E-state index in [2.05, 4.69) is 10.3 Å². The van der Waals surface area contributed by atoms with Crippen molar-refractivity contribution >= 4 is 5.96 Å². The van der Waals surface area contributed by atoms with E-state index in [1.165, 1.54) is 12.8 Å². The lowest BCUT2D eigenvalue weighted by Gasteiger charge is -2.21. The first-order chi connectivity index (χ1) is 9.76. The maximum absolute atomic E-state index is 6.00. The standard InChI is InChI=1S/C14H25N3O3/c15-13(16-8-11-4-3-7-18-11)17-9-12-10-19-14(20-12)5-1-2-6-14/h11-12H,1-10H2,(H3,15,16,17). The van der Waals surface area contributed by atoms with Crippen LogP contribution in [0.3, 0.4) is 0 Å². The number of hydrogen-bond donors (Lipinski definition) is 2. The third kappa shape index (κ3) is 3.42.